The minimum Gasteiger partial charge on any atom is -0.379 e. The molecule has 1 aromatic carbocycles. The summed E-state index contributed by atoms with van der Waals surface area (Å²) in [4.78, 5) is 4.20. The number of hydrogen-bond acceptors (Lipinski definition) is 4. The predicted molar refractivity (Wildman–Crippen MR) is 101 cm³/mol. The summed E-state index contributed by atoms with van der Waals surface area (Å²) in [7, 11) is -3.31. The van der Waals surface area contributed by atoms with E-state index in [1.165, 1.54) is 15.4 Å². The predicted octanol–water partition coefficient (Wildman–Crippen LogP) is 1.20. The molecule has 0 unspecified atom stereocenters. The summed E-state index contributed by atoms with van der Waals surface area (Å²) in [6, 6.07) is 6.14. The Balaban J connectivity index is 1.98. The van der Waals surface area contributed by atoms with E-state index < -0.39 is 10.0 Å². The number of ether oxygens (including phenoxy) is 1. The van der Waals surface area contributed by atoms with E-state index in [0.717, 1.165) is 18.5 Å². The fourth-order valence-electron chi connectivity index (χ4n) is 2.81. The van der Waals surface area contributed by atoms with Gasteiger partial charge in [0, 0.05) is 18.8 Å². The lowest BCUT2D eigenvalue weighted by Gasteiger charge is -2.25. The van der Waals surface area contributed by atoms with Crippen LogP contribution >= 0.6 is 0 Å². The Hall–Kier alpha value is -1.64. The van der Waals surface area contributed by atoms with Crippen molar-refractivity contribution >= 4 is 21.7 Å². The fraction of sp³-hybridized carbons (Fsp3) is 0.588. The van der Waals surface area contributed by atoms with Crippen LogP contribution in [0.3, 0.4) is 0 Å². The maximum Gasteiger partial charge on any atom is 0.216 e. The van der Waals surface area contributed by atoms with Crippen LogP contribution in [0.5, 0.6) is 0 Å². The summed E-state index contributed by atoms with van der Waals surface area (Å²) in [5.74, 6) is 0.193. The molecule has 0 amide bonds. The number of nitrogens with zero attached hydrogens (tertiary/aromatic N) is 2. The van der Waals surface area contributed by atoms with E-state index in [1.54, 1.807) is 0 Å². The highest BCUT2D eigenvalue weighted by molar-refractivity contribution is 7.89. The summed E-state index contributed by atoms with van der Waals surface area (Å²) in [6.07, 6.45) is 1.77. The first-order chi connectivity index (χ1) is 12.0. The number of benzene rings is 1. The molecular weight excluding hydrogens is 340 g/mol. The minimum atomic E-state index is -3.31. The molecule has 1 aliphatic rings. The number of guanidine groups is 1. The average molecular weight is 369 g/mol. The molecule has 0 atom stereocenters. The highest BCUT2D eigenvalue weighted by Crippen LogP contribution is 2.22. The van der Waals surface area contributed by atoms with Crippen LogP contribution < -0.4 is 11.1 Å². The molecule has 0 spiro atoms. The van der Waals surface area contributed by atoms with Gasteiger partial charge in [-0.25, -0.2) is 8.42 Å². The van der Waals surface area contributed by atoms with Gasteiger partial charge in [0.25, 0.3) is 0 Å². The molecule has 1 aliphatic heterocycles. The summed E-state index contributed by atoms with van der Waals surface area (Å²) in [6.45, 7) is 6.01. The number of anilines is 1. The van der Waals surface area contributed by atoms with E-state index in [1.807, 2.05) is 6.07 Å². The largest absolute Gasteiger partial charge is 0.379 e. The first-order valence-electron chi connectivity index (χ1n) is 8.71. The SMILES string of the molecule is CCc1cccc(CC)c1NC(N)=NCCS(=O)(=O)N1CCOCC1. The second-order valence-electron chi connectivity index (χ2n) is 5.88. The third-order valence-corrected chi connectivity index (χ3v) is 6.10. The first kappa shape index (κ1) is 19.7. The molecule has 1 saturated heterocycles. The monoisotopic (exact) mass is 368 g/mol. The normalized spacial score (nSPS) is 16.8. The number of nitrogens with one attached hydrogen (secondary N) is 1. The van der Waals surface area contributed by atoms with Crippen LogP contribution in [0.25, 0.3) is 0 Å². The molecule has 8 heteroatoms. The van der Waals surface area contributed by atoms with E-state index in [2.05, 4.69) is 36.3 Å². The van der Waals surface area contributed by atoms with E-state index in [4.69, 9.17) is 10.5 Å². The fourth-order valence-corrected chi connectivity index (χ4v) is 4.09. The minimum absolute atomic E-state index is 0.0502. The summed E-state index contributed by atoms with van der Waals surface area (Å²) < 4.78 is 31.2. The van der Waals surface area contributed by atoms with Gasteiger partial charge in [0.1, 0.15) is 0 Å². The second kappa shape index (κ2) is 9.17. The number of sulfonamides is 1. The van der Waals surface area contributed by atoms with Gasteiger partial charge in [-0.3, -0.25) is 4.99 Å². The van der Waals surface area contributed by atoms with E-state index >= 15 is 0 Å². The zero-order valence-electron chi connectivity index (χ0n) is 15.0. The Morgan fingerprint density at radius 3 is 2.40 bits per heavy atom. The highest BCUT2D eigenvalue weighted by atomic mass is 32.2. The lowest BCUT2D eigenvalue weighted by atomic mass is 10.0. The Bertz CT molecular complexity index is 676. The molecule has 1 fully saturated rings. The molecule has 0 saturated carbocycles. The molecular formula is C17H28N4O3S. The van der Waals surface area contributed by atoms with Crippen molar-refractivity contribution < 1.29 is 13.2 Å². The molecule has 1 aromatic rings. The van der Waals surface area contributed by atoms with Crippen LogP contribution in [0.1, 0.15) is 25.0 Å². The van der Waals surface area contributed by atoms with Crippen molar-refractivity contribution in [3.8, 4) is 0 Å². The number of aryl methyl sites for hydroxylation is 2. The molecule has 0 bridgehead atoms. The van der Waals surface area contributed by atoms with Crippen LogP contribution in [0.2, 0.25) is 0 Å². The van der Waals surface area contributed by atoms with Crippen LogP contribution in [0.4, 0.5) is 5.69 Å². The summed E-state index contributed by atoms with van der Waals surface area (Å²) in [5, 5.41) is 3.15. The van der Waals surface area contributed by atoms with Crippen molar-refractivity contribution in [3.05, 3.63) is 29.3 Å². The second-order valence-corrected chi connectivity index (χ2v) is 7.97. The molecule has 0 aliphatic carbocycles. The molecule has 140 valence electrons. The van der Waals surface area contributed by atoms with E-state index in [9.17, 15) is 8.42 Å². The Kier molecular flexibility index (Phi) is 7.22. The van der Waals surface area contributed by atoms with Crippen molar-refractivity contribution in [1.29, 1.82) is 0 Å². The van der Waals surface area contributed by atoms with Crippen molar-refractivity contribution in [2.45, 2.75) is 26.7 Å². The molecule has 0 radical (unpaired) electrons. The van der Waals surface area contributed by atoms with Crippen LogP contribution in [-0.4, -0.2) is 57.3 Å². The van der Waals surface area contributed by atoms with Gasteiger partial charge in [-0.1, -0.05) is 32.0 Å². The third kappa shape index (κ3) is 5.42. The van der Waals surface area contributed by atoms with Gasteiger partial charge in [-0.05, 0) is 24.0 Å². The number of morpholine rings is 1. The van der Waals surface area contributed by atoms with E-state index in [-0.39, 0.29) is 18.3 Å². The molecule has 25 heavy (non-hydrogen) atoms. The van der Waals surface area contributed by atoms with Crippen molar-refractivity contribution in [2.75, 3.05) is 43.9 Å². The number of nitrogens with two attached hydrogens (primary N) is 1. The lowest BCUT2D eigenvalue weighted by Crippen LogP contribution is -2.42. The zero-order chi connectivity index (χ0) is 18.3. The summed E-state index contributed by atoms with van der Waals surface area (Å²) >= 11 is 0. The standard InChI is InChI=1S/C17H28N4O3S/c1-3-14-6-5-7-15(4-2)16(14)20-17(18)19-8-13-25(22,23)21-9-11-24-12-10-21/h5-7H,3-4,8-13H2,1-2H3,(H3,18,19,20). The van der Waals surface area contributed by atoms with E-state index in [0.29, 0.717) is 26.3 Å². The third-order valence-electron chi connectivity index (χ3n) is 4.25. The topological polar surface area (TPSA) is 97.0 Å². The van der Waals surface area contributed by atoms with Gasteiger partial charge >= 0.3 is 0 Å². The molecule has 2 rings (SSSR count). The number of hydrogen-bond donors (Lipinski definition) is 2. The molecule has 0 aromatic heterocycles. The number of para-hydroxylation sites is 1. The Morgan fingerprint density at radius 1 is 1.24 bits per heavy atom. The van der Waals surface area contributed by atoms with Crippen molar-refractivity contribution in [3.63, 3.8) is 0 Å². The van der Waals surface area contributed by atoms with Gasteiger partial charge in [0.2, 0.25) is 10.0 Å². The van der Waals surface area contributed by atoms with Crippen LogP contribution in [0, 0.1) is 0 Å². The van der Waals surface area contributed by atoms with Crippen LogP contribution in [-0.2, 0) is 27.6 Å². The van der Waals surface area contributed by atoms with Gasteiger partial charge in [-0.2, -0.15) is 4.31 Å². The van der Waals surface area contributed by atoms with Gasteiger partial charge in [-0.15, -0.1) is 0 Å². The molecule has 1 heterocycles. The smallest absolute Gasteiger partial charge is 0.216 e. The zero-order valence-corrected chi connectivity index (χ0v) is 15.8. The van der Waals surface area contributed by atoms with Gasteiger partial charge in [0.05, 0.1) is 25.5 Å². The maximum atomic E-state index is 12.3. The van der Waals surface area contributed by atoms with Crippen molar-refractivity contribution in [2.24, 2.45) is 10.7 Å². The number of aliphatic imine (C=N–C) groups is 1. The first-order valence-corrected chi connectivity index (χ1v) is 10.3. The maximum absolute atomic E-state index is 12.3. The van der Waals surface area contributed by atoms with Crippen LogP contribution in [0.15, 0.2) is 23.2 Å². The molecule has 3 N–H and O–H groups in total. The van der Waals surface area contributed by atoms with Gasteiger partial charge in [0.15, 0.2) is 5.96 Å². The Morgan fingerprint density at radius 2 is 1.84 bits per heavy atom. The average Bonchev–Trinajstić information content (AvgIpc) is 2.62. The number of rotatable bonds is 7. The molecule has 7 nitrogen and oxygen atoms in total. The highest BCUT2D eigenvalue weighted by Gasteiger charge is 2.23. The van der Waals surface area contributed by atoms with Gasteiger partial charge < -0.3 is 15.8 Å². The van der Waals surface area contributed by atoms with Crippen molar-refractivity contribution in [1.82, 2.24) is 4.31 Å². The lowest BCUT2D eigenvalue weighted by molar-refractivity contribution is 0.0731. The Labute approximate surface area is 150 Å². The summed E-state index contributed by atoms with van der Waals surface area (Å²) in [5.41, 5.74) is 9.28. The quantitative estimate of drug-likeness (QED) is 0.557.